The zero-order valence-electron chi connectivity index (χ0n) is 17.5. The number of aromatic nitrogens is 6. The Balaban J connectivity index is 0.000000360. The van der Waals surface area contributed by atoms with Gasteiger partial charge in [0.1, 0.15) is 11.5 Å². The van der Waals surface area contributed by atoms with Gasteiger partial charge in [0.15, 0.2) is 0 Å². The number of hydrogen-bond acceptors (Lipinski definition) is 8. The summed E-state index contributed by atoms with van der Waals surface area (Å²) in [6, 6.07) is 1.93. The maximum absolute atomic E-state index is 10.6. The molecular weight excluding hydrogens is 435 g/mol. The molecule has 4 rings (SSSR count). The van der Waals surface area contributed by atoms with Gasteiger partial charge in [-0.1, -0.05) is 10.4 Å². The van der Waals surface area contributed by atoms with Gasteiger partial charge in [-0.3, -0.25) is 4.68 Å². The Hall–Kier alpha value is -3.26. The molecule has 14 heteroatoms. The van der Waals surface area contributed by atoms with Gasteiger partial charge < -0.3 is 19.7 Å². The highest BCUT2D eigenvalue weighted by Gasteiger charge is 2.38. The highest BCUT2D eigenvalue weighted by atomic mass is 19.4. The predicted octanol–water partition coefficient (Wildman–Crippen LogP) is 1.61. The van der Waals surface area contributed by atoms with Crippen LogP contribution in [0.3, 0.4) is 0 Å². The van der Waals surface area contributed by atoms with Crippen LogP contribution >= 0.6 is 0 Å². The van der Waals surface area contributed by atoms with E-state index in [0.29, 0.717) is 19.7 Å². The molecule has 3 aromatic rings. The van der Waals surface area contributed by atoms with Gasteiger partial charge in [-0.25, -0.2) is 9.48 Å². The number of nitrogens with one attached hydrogen (secondary N) is 1. The van der Waals surface area contributed by atoms with E-state index in [-0.39, 0.29) is 6.10 Å². The van der Waals surface area contributed by atoms with E-state index in [9.17, 15) is 13.2 Å². The molecule has 0 amide bonds. The van der Waals surface area contributed by atoms with Crippen LogP contribution in [0.1, 0.15) is 22.7 Å². The van der Waals surface area contributed by atoms with Gasteiger partial charge >= 0.3 is 12.1 Å². The second kappa shape index (κ2) is 9.48. The summed E-state index contributed by atoms with van der Waals surface area (Å²) in [5, 5.41) is 27.3. The molecule has 0 bridgehead atoms. The van der Waals surface area contributed by atoms with Crippen molar-refractivity contribution in [3.63, 3.8) is 0 Å². The fourth-order valence-corrected chi connectivity index (χ4v) is 3.11. The molecule has 0 aliphatic carbocycles. The molecule has 0 radical (unpaired) electrons. The minimum absolute atomic E-state index is 0.0501. The average molecular weight is 457 g/mol. The average Bonchev–Trinajstić information content (AvgIpc) is 3.41. The molecule has 1 unspecified atom stereocenters. The molecule has 0 saturated carbocycles. The van der Waals surface area contributed by atoms with Crippen LogP contribution in [-0.2, 0) is 36.3 Å². The highest BCUT2D eigenvalue weighted by molar-refractivity contribution is 5.73. The van der Waals surface area contributed by atoms with Gasteiger partial charge in [0.05, 0.1) is 36.3 Å². The van der Waals surface area contributed by atoms with Crippen LogP contribution in [0.15, 0.2) is 16.8 Å². The lowest BCUT2D eigenvalue weighted by atomic mass is 10.2. The molecule has 2 N–H and O–H groups in total. The molecular formula is C18H22F3N7O4. The Morgan fingerprint density at radius 1 is 1.38 bits per heavy atom. The maximum atomic E-state index is 10.6. The summed E-state index contributed by atoms with van der Waals surface area (Å²) in [5.74, 6) is -1.90. The van der Waals surface area contributed by atoms with Crippen molar-refractivity contribution >= 4 is 5.97 Å². The molecule has 0 saturated heterocycles. The zero-order valence-corrected chi connectivity index (χ0v) is 17.5. The van der Waals surface area contributed by atoms with Gasteiger partial charge in [-0.2, -0.15) is 18.3 Å². The monoisotopic (exact) mass is 457 g/mol. The molecule has 32 heavy (non-hydrogen) atoms. The number of carboxylic acid groups (broad SMARTS) is 1. The lowest BCUT2D eigenvalue weighted by Crippen LogP contribution is -2.36. The Labute approximate surface area is 180 Å². The van der Waals surface area contributed by atoms with E-state index in [1.807, 2.05) is 31.6 Å². The minimum atomic E-state index is -5.08. The number of nitrogens with zero attached hydrogens (tertiary/aromatic N) is 6. The number of fused-ring (bicyclic) bond motifs is 1. The summed E-state index contributed by atoms with van der Waals surface area (Å²) in [5.41, 5.74) is 4.80. The Kier molecular flexibility index (Phi) is 6.93. The smallest absolute Gasteiger partial charge is 0.475 e. The van der Waals surface area contributed by atoms with E-state index < -0.39 is 12.1 Å². The van der Waals surface area contributed by atoms with Crippen molar-refractivity contribution in [2.45, 2.75) is 45.8 Å². The lowest BCUT2D eigenvalue weighted by molar-refractivity contribution is -0.192. The number of carboxylic acids is 1. The summed E-state index contributed by atoms with van der Waals surface area (Å²) >= 11 is 0. The van der Waals surface area contributed by atoms with E-state index in [1.165, 1.54) is 0 Å². The van der Waals surface area contributed by atoms with Crippen LogP contribution in [0, 0.1) is 13.8 Å². The predicted molar refractivity (Wildman–Crippen MR) is 102 cm³/mol. The van der Waals surface area contributed by atoms with Gasteiger partial charge in [0.2, 0.25) is 0 Å². The fourth-order valence-electron chi connectivity index (χ4n) is 3.11. The first-order chi connectivity index (χ1) is 15.1. The molecule has 3 aromatic heterocycles. The standard InChI is InChI=1S/C16H21N7O2.C2HF3O2/c1-10-13(11(2)25-20-10)7-17-6-12-8-23-15(9-24-12)16(19-21-23)14-4-5-18-22(14)3;3-2(4,5)1(6)7/h4-5,12,17H,6-9H2,1-3H3;(H,6,7). The molecule has 1 aliphatic heterocycles. The van der Waals surface area contributed by atoms with Gasteiger partial charge in [-0.15, -0.1) is 5.10 Å². The van der Waals surface area contributed by atoms with E-state index in [4.69, 9.17) is 19.2 Å². The zero-order chi connectivity index (χ0) is 23.5. The van der Waals surface area contributed by atoms with Gasteiger partial charge in [-0.05, 0) is 19.9 Å². The maximum Gasteiger partial charge on any atom is 0.490 e. The van der Waals surface area contributed by atoms with Crippen LogP contribution < -0.4 is 5.32 Å². The molecule has 0 fully saturated rings. The Bertz CT molecular complexity index is 1050. The molecule has 4 heterocycles. The number of hydrogen-bond donors (Lipinski definition) is 2. The van der Waals surface area contributed by atoms with Crippen molar-refractivity contribution in [3.05, 3.63) is 35.0 Å². The molecule has 11 nitrogen and oxygen atoms in total. The largest absolute Gasteiger partial charge is 0.490 e. The second-order valence-electron chi connectivity index (χ2n) is 7.08. The number of carbonyl (C=O) groups is 1. The van der Waals surface area contributed by atoms with Crippen molar-refractivity contribution in [2.75, 3.05) is 6.54 Å². The van der Waals surface area contributed by atoms with Crippen LogP contribution in [-0.4, -0.2) is 59.8 Å². The van der Waals surface area contributed by atoms with Gasteiger partial charge in [0.25, 0.3) is 0 Å². The van der Waals surface area contributed by atoms with Crippen molar-refractivity contribution in [3.8, 4) is 11.4 Å². The summed E-state index contributed by atoms with van der Waals surface area (Å²) in [7, 11) is 1.90. The summed E-state index contributed by atoms with van der Waals surface area (Å²) in [6.07, 6.45) is -3.28. The number of halogens is 3. The summed E-state index contributed by atoms with van der Waals surface area (Å²) < 4.78 is 46.6. The van der Waals surface area contributed by atoms with E-state index in [2.05, 4.69) is 25.9 Å². The highest BCUT2D eigenvalue weighted by Crippen LogP contribution is 2.24. The quantitative estimate of drug-likeness (QED) is 0.586. The topological polar surface area (TPSA) is 133 Å². The second-order valence-corrected chi connectivity index (χ2v) is 7.08. The lowest BCUT2D eigenvalue weighted by Gasteiger charge is -2.24. The first-order valence-corrected chi connectivity index (χ1v) is 9.52. The Morgan fingerprint density at radius 3 is 2.66 bits per heavy atom. The third-order valence-corrected chi connectivity index (χ3v) is 4.83. The third kappa shape index (κ3) is 5.31. The fraction of sp³-hybridized carbons (Fsp3) is 0.500. The molecule has 174 valence electrons. The number of aliphatic carboxylic acids is 1. The van der Waals surface area contributed by atoms with Gasteiger partial charge in [0, 0.05) is 31.9 Å². The number of alkyl halides is 3. The van der Waals surface area contributed by atoms with Crippen LogP contribution in [0.25, 0.3) is 11.4 Å². The van der Waals surface area contributed by atoms with E-state index >= 15 is 0 Å². The molecule has 0 aromatic carbocycles. The van der Waals surface area contributed by atoms with Crippen LogP contribution in [0.2, 0.25) is 0 Å². The van der Waals surface area contributed by atoms with Crippen LogP contribution in [0.5, 0.6) is 0 Å². The van der Waals surface area contributed by atoms with Crippen molar-refractivity contribution in [2.24, 2.45) is 7.05 Å². The minimum Gasteiger partial charge on any atom is -0.475 e. The van der Waals surface area contributed by atoms with E-state index in [1.54, 1.807) is 10.9 Å². The first kappa shape index (κ1) is 23.4. The third-order valence-electron chi connectivity index (χ3n) is 4.83. The SMILES string of the molecule is Cc1noc(C)c1CNCC1Cn2nnc(-c3ccnn3C)c2CO1.O=C(O)C(F)(F)F. The molecule has 0 spiro atoms. The number of rotatable bonds is 5. The first-order valence-electron chi connectivity index (χ1n) is 9.52. The normalized spacial score (nSPS) is 15.8. The summed E-state index contributed by atoms with van der Waals surface area (Å²) in [4.78, 5) is 8.90. The van der Waals surface area contributed by atoms with Crippen molar-refractivity contribution < 1.29 is 32.3 Å². The Morgan fingerprint density at radius 2 is 2.09 bits per heavy atom. The van der Waals surface area contributed by atoms with E-state index in [0.717, 1.165) is 40.6 Å². The number of ether oxygens (including phenoxy) is 1. The van der Waals surface area contributed by atoms with Crippen molar-refractivity contribution in [1.29, 1.82) is 0 Å². The van der Waals surface area contributed by atoms with Crippen LogP contribution in [0.4, 0.5) is 13.2 Å². The van der Waals surface area contributed by atoms with Crippen molar-refractivity contribution in [1.82, 2.24) is 35.2 Å². The summed E-state index contributed by atoms with van der Waals surface area (Å²) in [6.45, 7) is 6.48. The number of aryl methyl sites for hydroxylation is 3. The molecule has 1 atom stereocenters. The molecule has 1 aliphatic rings.